The van der Waals surface area contributed by atoms with Gasteiger partial charge in [-0.15, -0.1) is 0 Å². The Bertz CT molecular complexity index is 2190. The number of phosphoric ester groups is 3. The zero-order valence-electron chi connectivity index (χ0n) is 33.8. The molecule has 0 aliphatic carbocycles. The summed E-state index contributed by atoms with van der Waals surface area (Å²) in [5, 5.41) is 36.2. The fourth-order valence-corrected chi connectivity index (χ4v) is 9.25. The SMILES string of the molecule is C.C.CC(C)(COP(=O)([O-])OP(=O)([O-])OCC1OC(C)(n2cnc3c(N)ncnc32)C(O)C1OP(=O)([O-])[O-])C(O)C(=O)NCCC(=O)NCCSC(=O)CC(O)COCc1ccccc1. The van der Waals surface area contributed by atoms with Crippen molar-refractivity contribution in [3.8, 4) is 0 Å². The van der Waals surface area contributed by atoms with Gasteiger partial charge in [-0.05, 0) is 12.5 Å². The van der Waals surface area contributed by atoms with Crippen LogP contribution >= 0.6 is 35.2 Å². The molecular formula is C35H54N7O19P3S-4. The maximum absolute atomic E-state index is 12.6. The number of nitrogens with two attached hydrogens (primary N) is 1. The molecule has 1 aliphatic rings. The van der Waals surface area contributed by atoms with E-state index < -0.39 is 90.2 Å². The molecule has 2 amide bonds. The summed E-state index contributed by atoms with van der Waals surface area (Å²) in [4.78, 5) is 97.0. The molecule has 65 heavy (non-hydrogen) atoms. The van der Waals surface area contributed by atoms with Gasteiger partial charge in [0.15, 0.2) is 22.3 Å². The lowest BCUT2D eigenvalue weighted by Gasteiger charge is -2.36. The molecule has 0 spiro atoms. The third kappa shape index (κ3) is 17.4. The number of anilines is 1. The zero-order valence-corrected chi connectivity index (χ0v) is 37.3. The number of thioether (sulfide) groups is 1. The van der Waals surface area contributed by atoms with Gasteiger partial charge in [0.1, 0.15) is 36.3 Å². The second-order valence-corrected chi connectivity index (χ2v) is 19.8. The Morgan fingerprint density at radius 3 is 2.34 bits per heavy atom. The van der Waals surface area contributed by atoms with Crippen LogP contribution < -0.4 is 35.9 Å². The van der Waals surface area contributed by atoms with Crippen LogP contribution in [0.3, 0.4) is 0 Å². The van der Waals surface area contributed by atoms with Gasteiger partial charge >= 0.3 is 0 Å². The maximum atomic E-state index is 12.6. The second kappa shape index (κ2) is 24.6. The summed E-state index contributed by atoms with van der Waals surface area (Å²) in [7, 11) is -17.7. The molecule has 8 atom stereocenters. The largest absolute Gasteiger partial charge is 0.790 e. The molecule has 0 radical (unpaired) electrons. The standard InChI is InChI=1S/C33H50N7O19P3S.2CH4/c1-32(2,28(45)31(46)36-10-9-23(42)35-11-12-63-24(43)13-21(41)15-54-14-20-7-5-4-6-8-20)17-56-62(52,53)59-61(50,51)55-16-22-26(58-60(47,48)49)27(44)33(3,57-22)40-19-39-25-29(34)37-18-38-30(25)40;;/h4-8,18-19,21-22,26-28,41,44-45H,9-17H2,1-3H3,(H,35,42)(H,36,46)(H,50,51)(H,52,53)(H2,34,37,38)(H2,47,48,49);2*1H4/p-4. The number of amides is 2. The number of rotatable bonds is 25. The van der Waals surface area contributed by atoms with Crippen LogP contribution in [0.5, 0.6) is 0 Å². The van der Waals surface area contributed by atoms with Crippen molar-refractivity contribution in [1.82, 2.24) is 30.2 Å². The van der Waals surface area contributed by atoms with E-state index in [9.17, 15) is 63.0 Å². The first-order valence-corrected chi connectivity index (χ1v) is 24.0. The Labute approximate surface area is 378 Å². The number of hydrogen-bond acceptors (Lipinski definition) is 24. The minimum Gasteiger partial charge on any atom is -0.790 e. The highest BCUT2D eigenvalue weighted by Gasteiger charge is 2.55. The average molecular weight is 1000 g/mol. The van der Waals surface area contributed by atoms with E-state index >= 15 is 0 Å². The number of fused-ring (bicyclic) bond motifs is 1. The number of aromatic nitrogens is 4. The molecule has 8 unspecified atom stereocenters. The first-order valence-electron chi connectivity index (χ1n) is 18.6. The van der Waals surface area contributed by atoms with Gasteiger partial charge < -0.3 is 78.9 Å². The van der Waals surface area contributed by atoms with Crippen LogP contribution in [-0.2, 0) is 67.8 Å². The number of nitrogens with one attached hydrogen (secondary N) is 2. The number of hydrogen-bond donors (Lipinski definition) is 6. The molecule has 1 saturated heterocycles. The molecule has 3 aromatic rings. The van der Waals surface area contributed by atoms with Gasteiger partial charge in [-0.1, -0.05) is 70.8 Å². The predicted octanol–water partition coefficient (Wildman–Crippen LogP) is -1.45. The number of ether oxygens (including phenoxy) is 2. The van der Waals surface area contributed by atoms with Gasteiger partial charge in [-0.2, -0.15) is 0 Å². The molecule has 30 heteroatoms. The molecule has 1 aliphatic heterocycles. The van der Waals surface area contributed by atoms with Crippen molar-refractivity contribution in [2.75, 3.05) is 44.4 Å². The number of nitrogen functional groups attached to an aromatic ring is 1. The predicted molar refractivity (Wildman–Crippen MR) is 223 cm³/mol. The normalized spacial score (nSPS) is 21.5. The number of carbonyl (C=O) groups is 3. The molecular weight excluding hydrogens is 947 g/mol. The molecule has 1 fully saturated rings. The lowest BCUT2D eigenvalue weighted by molar-refractivity contribution is -0.347. The summed E-state index contributed by atoms with van der Waals surface area (Å²) in [5.41, 5.74) is 2.89. The van der Waals surface area contributed by atoms with E-state index in [0.29, 0.717) is 0 Å². The highest BCUT2D eigenvalue weighted by Crippen LogP contribution is 2.56. The molecule has 26 nitrogen and oxygen atoms in total. The van der Waals surface area contributed by atoms with Gasteiger partial charge in [0, 0.05) is 37.1 Å². The average Bonchev–Trinajstić information content (AvgIpc) is 3.74. The van der Waals surface area contributed by atoms with E-state index in [-0.39, 0.29) is 81.8 Å². The first-order chi connectivity index (χ1) is 29.3. The van der Waals surface area contributed by atoms with Crippen molar-refractivity contribution in [2.24, 2.45) is 5.41 Å². The summed E-state index contributed by atoms with van der Waals surface area (Å²) in [5.74, 6) is -1.46. The number of nitrogens with zero attached hydrogens (tertiary/aromatic N) is 4. The quantitative estimate of drug-likeness (QED) is 0.0418. The Morgan fingerprint density at radius 2 is 1.68 bits per heavy atom. The number of benzene rings is 1. The van der Waals surface area contributed by atoms with Crippen LogP contribution in [0.1, 0.15) is 54.0 Å². The second-order valence-electron chi connectivity index (χ2n) is 14.6. The summed E-state index contributed by atoms with van der Waals surface area (Å²) in [6.07, 6.45) is -7.37. The van der Waals surface area contributed by atoms with Crippen LogP contribution in [0.2, 0.25) is 0 Å². The molecule has 1 aromatic carbocycles. The Morgan fingerprint density at radius 1 is 1.02 bits per heavy atom. The van der Waals surface area contributed by atoms with Crippen LogP contribution in [-0.4, -0.2) is 121 Å². The van der Waals surface area contributed by atoms with E-state index in [1.165, 1.54) is 20.8 Å². The Kier molecular flexibility index (Phi) is 21.9. The van der Waals surface area contributed by atoms with Crippen molar-refractivity contribution < 1.29 is 90.3 Å². The zero-order chi connectivity index (χ0) is 46.8. The number of imidazole rings is 1. The Hall–Kier alpha value is -3.30. The highest BCUT2D eigenvalue weighted by molar-refractivity contribution is 8.13. The molecule has 2 aromatic heterocycles. The topological polar surface area (TPSA) is 404 Å². The molecule has 0 saturated carbocycles. The smallest absolute Gasteiger partial charge is 0.274 e. The third-order valence-corrected chi connectivity index (χ3v) is 13.0. The molecule has 0 bridgehead atoms. The van der Waals surface area contributed by atoms with Gasteiger partial charge in [-0.25, -0.2) is 19.3 Å². The number of phosphoric acid groups is 3. The molecule has 7 N–H and O–H groups in total. The van der Waals surface area contributed by atoms with Crippen molar-refractivity contribution in [3.05, 3.63) is 48.5 Å². The maximum Gasteiger partial charge on any atom is 0.274 e. The lowest BCUT2D eigenvalue weighted by Crippen LogP contribution is -2.46. The van der Waals surface area contributed by atoms with Crippen molar-refractivity contribution in [1.29, 1.82) is 0 Å². The first kappa shape index (κ1) is 57.8. The lowest BCUT2D eigenvalue weighted by atomic mass is 9.87. The van der Waals surface area contributed by atoms with Gasteiger partial charge in [0.25, 0.3) is 15.6 Å². The van der Waals surface area contributed by atoms with Crippen molar-refractivity contribution in [2.45, 2.75) is 91.3 Å². The molecule has 368 valence electrons. The monoisotopic (exact) mass is 1000 g/mol. The molecule has 4 rings (SSSR count). The summed E-state index contributed by atoms with van der Waals surface area (Å²) in [6.45, 7) is 1.28. The van der Waals surface area contributed by atoms with Gasteiger partial charge in [0.05, 0.1) is 46.7 Å². The van der Waals surface area contributed by atoms with E-state index in [1.807, 2.05) is 30.3 Å². The number of aliphatic hydroxyl groups is 3. The van der Waals surface area contributed by atoms with Crippen LogP contribution in [0.25, 0.3) is 11.2 Å². The van der Waals surface area contributed by atoms with Gasteiger partial charge in [0.2, 0.25) is 11.8 Å². The highest BCUT2D eigenvalue weighted by atomic mass is 32.2. The third-order valence-electron chi connectivity index (χ3n) is 9.05. The molecule has 3 heterocycles. The van der Waals surface area contributed by atoms with Crippen molar-refractivity contribution >= 4 is 69.1 Å². The summed E-state index contributed by atoms with van der Waals surface area (Å²) >= 11 is 0.901. The fraction of sp³-hybridized carbons (Fsp3) is 0.600. The minimum atomic E-state index is -5.96. The fourth-order valence-electron chi connectivity index (χ4n) is 5.78. The summed E-state index contributed by atoms with van der Waals surface area (Å²) < 4.78 is 66.6. The minimum absolute atomic E-state index is 0. The van der Waals surface area contributed by atoms with Crippen LogP contribution in [0.15, 0.2) is 43.0 Å². The van der Waals surface area contributed by atoms with Crippen LogP contribution in [0.4, 0.5) is 5.82 Å². The van der Waals surface area contributed by atoms with E-state index in [1.54, 1.807) is 0 Å². The van der Waals surface area contributed by atoms with Crippen LogP contribution in [0, 0.1) is 5.41 Å². The number of carbonyl (C=O) groups excluding carboxylic acids is 3. The van der Waals surface area contributed by atoms with Gasteiger partial charge in [-0.3, -0.25) is 28.1 Å². The number of aliphatic hydroxyl groups excluding tert-OH is 3. The van der Waals surface area contributed by atoms with E-state index in [0.717, 1.165) is 34.5 Å². The summed E-state index contributed by atoms with van der Waals surface area (Å²) in [6, 6.07) is 9.28. The van der Waals surface area contributed by atoms with E-state index in [2.05, 4.69) is 43.5 Å². The van der Waals surface area contributed by atoms with E-state index in [4.69, 9.17) is 15.2 Å². The van der Waals surface area contributed by atoms with Crippen molar-refractivity contribution in [3.63, 3.8) is 0 Å². The Balaban J connectivity index is 0.00000726.